The zero-order chi connectivity index (χ0) is 10.6. The van der Waals surface area contributed by atoms with E-state index in [9.17, 15) is 4.79 Å². The van der Waals surface area contributed by atoms with E-state index >= 15 is 0 Å². The highest BCUT2D eigenvalue weighted by molar-refractivity contribution is 5.69. The van der Waals surface area contributed by atoms with Crippen molar-refractivity contribution in [2.75, 3.05) is 19.8 Å². The van der Waals surface area contributed by atoms with Gasteiger partial charge >= 0.3 is 5.97 Å². The minimum atomic E-state index is -0.150. The zero-order valence-corrected chi connectivity index (χ0v) is 8.75. The Morgan fingerprint density at radius 1 is 1.36 bits per heavy atom. The van der Waals surface area contributed by atoms with Gasteiger partial charge in [0.25, 0.3) is 0 Å². The van der Waals surface area contributed by atoms with Gasteiger partial charge in [0.1, 0.15) is 13.2 Å². The normalized spacial score (nSPS) is 9.43. The number of carbonyl (C=O) groups excluding carboxylic acids is 1. The topological polar surface area (TPSA) is 35.5 Å². The van der Waals surface area contributed by atoms with E-state index in [1.165, 1.54) is 0 Å². The third kappa shape index (κ3) is 9.08. The lowest BCUT2D eigenvalue weighted by atomic mass is 10.2. The van der Waals surface area contributed by atoms with Gasteiger partial charge in [0.05, 0.1) is 6.61 Å². The Kier molecular flexibility index (Phi) is 9.35. The molecule has 0 saturated heterocycles. The van der Waals surface area contributed by atoms with Gasteiger partial charge in [-0.1, -0.05) is 25.7 Å². The molecule has 0 aromatic heterocycles. The van der Waals surface area contributed by atoms with Gasteiger partial charge in [-0.2, -0.15) is 0 Å². The van der Waals surface area contributed by atoms with Crippen molar-refractivity contribution in [1.82, 2.24) is 0 Å². The van der Waals surface area contributed by atoms with E-state index in [0.717, 1.165) is 19.3 Å². The highest BCUT2D eigenvalue weighted by atomic mass is 16.6. The van der Waals surface area contributed by atoms with E-state index < -0.39 is 0 Å². The lowest BCUT2D eigenvalue weighted by molar-refractivity contribution is -0.145. The second-order valence-corrected chi connectivity index (χ2v) is 2.93. The van der Waals surface area contributed by atoms with Gasteiger partial charge in [-0.25, -0.2) is 0 Å². The smallest absolute Gasteiger partial charge is 0.305 e. The first kappa shape index (κ1) is 13.0. The molecule has 0 N–H and O–H groups in total. The van der Waals surface area contributed by atoms with Crippen molar-refractivity contribution < 1.29 is 14.3 Å². The van der Waals surface area contributed by atoms with Gasteiger partial charge in [0, 0.05) is 6.42 Å². The lowest BCUT2D eigenvalue weighted by Gasteiger charge is -2.03. The molecule has 0 aliphatic rings. The van der Waals surface area contributed by atoms with E-state index in [-0.39, 0.29) is 12.6 Å². The molecule has 80 valence electrons. The first-order valence-electron chi connectivity index (χ1n) is 4.98. The summed E-state index contributed by atoms with van der Waals surface area (Å²) >= 11 is 0. The third-order valence-electron chi connectivity index (χ3n) is 1.66. The van der Waals surface area contributed by atoms with Crippen LogP contribution in [-0.4, -0.2) is 25.8 Å². The molecule has 0 aromatic rings. The van der Waals surface area contributed by atoms with E-state index in [0.29, 0.717) is 19.6 Å². The Morgan fingerprint density at radius 2 is 2.14 bits per heavy atom. The second-order valence-electron chi connectivity index (χ2n) is 2.93. The highest BCUT2D eigenvalue weighted by Crippen LogP contribution is 2.00. The van der Waals surface area contributed by atoms with E-state index in [2.05, 4.69) is 12.8 Å². The molecule has 0 aromatic carbocycles. The molecule has 0 radical (unpaired) electrons. The lowest BCUT2D eigenvalue weighted by Crippen LogP contribution is -2.10. The summed E-state index contributed by atoms with van der Waals surface area (Å²) in [5, 5.41) is 0. The molecule has 0 heterocycles. The standard InChI is InChI=1S/C11H18O3/c1-3-5-6-7-11(12)14-10-9-13-8-4-2/h2H,3,5-10H2,1H3. The van der Waals surface area contributed by atoms with Crippen LogP contribution in [0.25, 0.3) is 0 Å². The molecule has 0 saturated carbocycles. The predicted octanol–water partition coefficient (Wildman–Crippen LogP) is 1.76. The molecule has 0 bridgehead atoms. The van der Waals surface area contributed by atoms with Crippen LogP contribution in [0, 0.1) is 12.3 Å². The predicted molar refractivity (Wildman–Crippen MR) is 54.8 cm³/mol. The van der Waals surface area contributed by atoms with Crippen molar-refractivity contribution in [3.63, 3.8) is 0 Å². The van der Waals surface area contributed by atoms with Crippen molar-refractivity contribution in [3.05, 3.63) is 0 Å². The Hall–Kier alpha value is -1.01. The number of terminal acetylenes is 1. The largest absolute Gasteiger partial charge is 0.463 e. The van der Waals surface area contributed by atoms with Gasteiger partial charge in [0.15, 0.2) is 0 Å². The molecule has 0 fully saturated rings. The van der Waals surface area contributed by atoms with Crippen molar-refractivity contribution in [3.8, 4) is 12.3 Å². The number of hydrogen-bond donors (Lipinski definition) is 0. The summed E-state index contributed by atoms with van der Waals surface area (Å²) in [5.41, 5.74) is 0. The first-order valence-corrected chi connectivity index (χ1v) is 4.98. The Balaban J connectivity index is 3.15. The number of hydrogen-bond acceptors (Lipinski definition) is 3. The monoisotopic (exact) mass is 198 g/mol. The van der Waals surface area contributed by atoms with Crippen LogP contribution in [-0.2, 0) is 14.3 Å². The fraction of sp³-hybridized carbons (Fsp3) is 0.727. The van der Waals surface area contributed by atoms with E-state index in [4.69, 9.17) is 15.9 Å². The molecule has 0 rings (SSSR count). The number of ether oxygens (including phenoxy) is 2. The van der Waals surface area contributed by atoms with Crippen molar-refractivity contribution in [1.29, 1.82) is 0 Å². The SMILES string of the molecule is C#CCOCCOC(=O)CCCCC. The van der Waals surface area contributed by atoms with Crippen molar-refractivity contribution >= 4 is 5.97 Å². The maximum Gasteiger partial charge on any atom is 0.305 e. The van der Waals surface area contributed by atoms with Gasteiger partial charge < -0.3 is 9.47 Å². The van der Waals surface area contributed by atoms with E-state index in [1.807, 2.05) is 0 Å². The van der Waals surface area contributed by atoms with Crippen molar-refractivity contribution in [2.45, 2.75) is 32.6 Å². The summed E-state index contributed by atoms with van der Waals surface area (Å²) in [6, 6.07) is 0. The van der Waals surface area contributed by atoms with E-state index in [1.54, 1.807) is 0 Å². The average Bonchev–Trinajstić information content (AvgIpc) is 2.18. The summed E-state index contributed by atoms with van der Waals surface area (Å²) in [7, 11) is 0. The van der Waals surface area contributed by atoms with Crippen LogP contribution in [0.2, 0.25) is 0 Å². The maximum absolute atomic E-state index is 11.0. The van der Waals surface area contributed by atoms with Crippen LogP contribution in [0.15, 0.2) is 0 Å². The highest BCUT2D eigenvalue weighted by Gasteiger charge is 2.00. The number of rotatable bonds is 8. The molecule has 0 aliphatic carbocycles. The Morgan fingerprint density at radius 3 is 2.79 bits per heavy atom. The molecular formula is C11H18O3. The van der Waals surface area contributed by atoms with Crippen LogP contribution < -0.4 is 0 Å². The van der Waals surface area contributed by atoms with Gasteiger partial charge in [-0.15, -0.1) is 6.42 Å². The molecule has 3 heteroatoms. The molecule has 14 heavy (non-hydrogen) atoms. The fourth-order valence-electron chi connectivity index (χ4n) is 0.937. The van der Waals surface area contributed by atoms with Gasteiger partial charge in [-0.05, 0) is 6.42 Å². The molecule has 0 aliphatic heterocycles. The van der Waals surface area contributed by atoms with Crippen LogP contribution in [0.1, 0.15) is 32.6 Å². The summed E-state index contributed by atoms with van der Waals surface area (Å²) in [6.45, 7) is 3.04. The summed E-state index contributed by atoms with van der Waals surface area (Å²) < 4.78 is 9.85. The summed E-state index contributed by atoms with van der Waals surface area (Å²) in [4.78, 5) is 11.0. The minimum absolute atomic E-state index is 0.150. The Bertz CT molecular complexity index is 181. The maximum atomic E-state index is 11.0. The molecule has 0 atom stereocenters. The average molecular weight is 198 g/mol. The third-order valence-corrected chi connectivity index (χ3v) is 1.66. The fourth-order valence-corrected chi connectivity index (χ4v) is 0.937. The molecule has 0 unspecified atom stereocenters. The molecule has 0 amide bonds. The Labute approximate surface area is 85.8 Å². The van der Waals surface area contributed by atoms with Crippen LogP contribution >= 0.6 is 0 Å². The van der Waals surface area contributed by atoms with Crippen molar-refractivity contribution in [2.24, 2.45) is 0 Å². The minimum Gasteiger partial charge on any atom is -0.463 e. The van der Waals surface area contributed by atoms with Crippen LogP contribution in [0.3, 0.4) is 0 Å². The molecular weight excluding hydrogens is 180 g/mol. The first-order chi connectivity index (χ1) is 6.81. The second kappa shape index (κ2) is 10.1. The summed E-state index contributed by atoms with van der Waals surface area (Å²) in [5.74, 6) is 2.18. The van der Waals surface area contributed by atoms with Gasteiger partial charge in [-0.3, -0.25) is 4.79 Å². The summed E-state index contributed by atoms with van der Waals surface area (Å²) in [6.07, 6.45) is 8.56. The quantitative estimate of drug-likeness (QED) is 0.339. The number of esters is 1. The van der Waals surface area contributed by atoms with Crippen LogP contribution in [0.4, 0.5) is 0 Å². The molecule has 0 spiro atoms. The number of unbranched alkanes of at least 4 members (excludes halogenated alkanes) is 2. The number of carbonyl (C=O) groups is 1. The van der Waals surface area contributed by atoms with Crippen LogP contribution in [0.5, 0.6) is 0 Å². The zero-order valence-electron chi connectivity index (χ0n) is 8.75. The van der Waals surface area contributed by atoms with Gasteiger partial charge in [0.2, 0.25) is 0 Å². The molecule has 3 nitrogen and oxygen atoms in total.